The normalized spacial score (nSPS) is 12.6. The number of rotatable bonds is 7. The highest BCUT2D eigenvalue weighted by Gasteiger charge is 2.12. The Morgan fingerprint density at radius 3 is 2.52 bits per heavy atom. The third-order valence-electron chi connectivity index (χ3n) is 3.75. The maximum absolute atomic E-state index is 10.4. The molecule has 0 aliphatic heterocycles. The molecule has 0 radical (unpaired) electrons. The van der Waals surface area contributed by atoms with Gasteiger partial charge in [-0.05, 0) is 31.2 Å². The highest BCUT2D eigenvalue weighted by Crippen LogP contribution is 2.15. The number of aliphatic hydroxyl groups is 1. The van der Waals surface area contributed by atoms with Crippen molar-refractivity contribution in [3.8, 4) is 0 Å². The van der Waals surface area contributed by atoms with Crippen LogP contribution in [0.5, 0.6) is 0 Å². The molecule has 1 aromatic carbocycles. The van der Waals surface area contributed by atoms with Crippen molar-refractivity contribution >= 4 is 0 Å². The summed E-state index contributed by atoms with van der Waals surface area (Å²) in [7, 11) is 0. The van der Waals surface area contributed by atoms with E-state index in [1.165, 1.54) is 5.56 Å². The first-order chi connectivity index (χ1) is 10.2. The maximum Gasteiger partial charge on any atom is 0.0916 e. The second kappa shape index (κ2) is 7.91. The molecule has 3 heteroatoms. The minimum Gasteiger partial charge on any atom is -0.387 e. The summed E-state index contributed by atoms with van der Waals surface area (Å²) in [6, 6.07) is 14.1. The summed E-state index contributed by atoms with van der Waals surface area (Å²) < 4.78 is 0. The molecule has 0 bridgehead atoms. The largest absolute Gasteiger partial charge is 0.387 e. The fraction of sp³-hybridized carbons (Fsp3) is 0.389. The summed E-state index contributed by atoms with van der Waals surface area (Å²) in [6.07, 6.45) is 2.30. The molecule has 1 heterocycles. The second-order valence-corrected chi connectivity index (χ2v) is 5.39. The molecule has 2 aromatic rings. The summed E-state index contributed by atoms with van der Waals surface area (Å²) >= 11 is 0. The second-order valence-electron chi connectivity index (χ2n) is 5.39. The Bertz CT molecular complexity index is 525. The van der Waals surface area contributed by atoms with Gasteiger partial charge in [-0.3, -0.25) is 4.98 Å². The van der Waals surface area contributed by atoms with Gasteiger partial charge >= 0.3 is 0 Å². The zero-order valence-electron chi connectivity index (χ0n) is 12.9. The van der Waals surface area contributed by atoms with Crippen LogP contribution < -0.4 is 0 Å². The van der Waals surface area contributed by atoms with Gasteiger partial charge in [0.2, 0.25) is 0 Å². The first kappa shape index (κ1) is 15.7. The van der Waals surface area contributed by atoms with E-state index in [-0.39, 0.29) is 0 Å². The van der Waals surface area contributed by atoms with Crippen LogP contribution in [-0.4, -0.2) is 34.6 Å². The van der Waals surface area contributed by atoms with Crippen LogP contribution in [0.3, 0.4) is 0 Å². The fourth-order valence-electron chi connectivity index (χ4n) is 2.34. The molecular formula is C18H24N2O. The number of hydrogen-bond donors (Lipinski definition) is 1. The molecule has 0 saturated heterocycles. The molecule has 112 valence electrons. The first-order valence-corrected chi connectivity index (χ1v) is 7.56. The lowest BCUT2D eigenvalue weighted by atomic mass is 10.1. The van der Waals surface area contributed by atoms with E-state index >= 15 is 0 Å². The Balaban J connectivity index is 1.88. The molecule has 3 nitrogen and oxygen atoms in total. The van der Waals surface area contributed by atoms with E-state index in [0.29, 0.717) is 6.54 Å². The van der Waals surface area contributed by atoms with Gasteiger partial charge in [-0.2, -0.15) is 0 Å². The van der Waals surface area contributed by atoms with Crippen molar-refractivity contribution in [2.24, 2.45) is 0 Å². The zero-order valence-corrected chi connectivity index (χ0v) is 12.9. The molecule has 0 aliphatic carbocycles. The summed E-state index contributed by atoms with van der Waals surface area (Å²) in [4.78, 5) is 6.61. The van der Waals surface area contributed by atoms with E-state index < -0.39 is 6.10 Å². The number of benzene rings is 1. The highest BCUT2D eigenvalue weighted by atomic mass is 16.3. The van der Waals surface area contributed by atoms with Gasteiger partial charge in [-0.25, -0.2) is 0 Å². The molecule has 1 unspecified atom stereocenters. The first-order valence-electron chi connectivity index (χ1n) is 7.56. The van der Waals surface area contributed by atoms with Gasteiger partial charge in [0.15, 0.2) is 0 Å². The number of aromatic nitrogens is 1. The third-order valence-corrected chi connectivity index (χ3v) is 3.75. The highest BCUT2D eigenvalue weighted by molar-refractivity contribution is 5.23. The fourth-order valence-corrected chi connectivity index (χ4v) is 2.34. The van der Waals surface area contributed by atoms with Crippen LogP contribution in [0, 0.1) is 6.92 Å². The van der Waals surface area contributed by atoms with Crippen LogP contribution in [0.4, 0.5) is 0 Å². The van der Waals surface area contributed by atoms with E-state index in [1.54, 1.807) is 0 Å². The van der Waals surface area contributed by atoms with Gasteiger partial charge in [0, 0.05) is 31.4 Å². The summed E-state index contributed by atoms with van der Waals surface area (Å²) in [5, 5.41) is 10.4. The van der Waals surface area contributed by atoms with Crippen LogP contribution in [-0.2, 0) is 6.42 Å². The number of hydrogen-bond acceptors (Lipinski definition) is 3. The third kappa shape index (κ3) is 4.96. The maximum atomic E-state index is 10.4. The average molecular weight is 284 g/mol. The standard InChI is InChI=1S/C18H24N2O/c1-3-20(13-11-17-6-4-5-12-19-17)14-18(21)16-9-7-15(2)8-10-16/h4-10,12,18,21H,3,11,13-14H2,1-2H3. The van der Waals surface area contributed by atoms with Gasteiger partial charge in [-0.15, -0.1) is 0 Å². The topological polar surface area (TPSA) is 36.4 Å². The SMILES string of the molecule is CCN(CCc1ccccn1)CC(O)c1ccc(C)cc1. The number of pyridine rings is 1. The number of nitrogens with zero attached hydrogens (tertiary/aromatic N) is 2. The van der Waals surface area contributed by atoms with Crippen molar-refractivity contribution in [1.29, 1.82) is 0 Å². The van der Waals surface area contributed by atoms with Crippen LogP contribution >= 0.6 is 0 Å². The minimum absolute atomic E-state index is 0.436. The minimum atomic E-state index is -0.436. The lowest BCUT2D eigenvalue weighted by Crippen LogP contribution is -2.30. The molecule has 0 amide bonds. The van der Waals surface area contributed by atoms with Gasteiger partial charge in [0.25, 0.3) is 0 Å². The van der Waals surface area contributed by atoms with E-state index in [1.807, 2.05) is 48.7 Å². The molecular weight excluding hydrogens is 260 g/mol. The van der Waals surface area contributed by atoms with Crippen molar-refractivity contribution in [3.05, 3.63) is 65.5 Å². The molecule has 1 aromatic heterocycles. The lowest BCUT2D eigenvalue weighted by Gasteiger charge is -2.23. The van der Waals surface area contributed by atoms with Crippen molar-refractivity contribution in [2.45, 2.75) is 26.4 Å². The molecule has 0 fully saturated rings. The van der Waals surface area contributed by atoms with E-state index in [2.05, 4.69) is 23.7 Å². The summed E-state index contributed by atoms with van der Waals surface area (Å²) in [6.45, 7) is 6.68. The number of likely N-dealkylation sites (N-methyl/N-ethyl adjacent to an activating group) is 1. The predicted molar refractivity (Wildman–Crippen MR) is 86.2 cm³/mol. The van der Waals surface area contributed by atoms with E-state index in [4.69, 9.17) is 0 Å². The molecule has 21 heavy (non-hydrogen) atoms. The Morgan fingerprint density at radius 2 is 1.90 bits per heavy atom. The predicted octanol–water partition coefficient (Wildman–Crippen LogP) is 2.99. The summed E-state index contributed by atoms with van der Waals surface area (Å²) in [5.74, 6) is 0. The van der Waals surface area contributed by atoms with Crippen molar-refractivity contribution in [3.63, 3.8) is 0 Å². The van der Waals surface area contributed by atoms with Crippen LogP contribution in [0.2, 0.25) is 0 Å². The van der Waals surface area contributed by atoms with Crippen molar-refractivity contribution in [2.75, 3.05) is 19.6 Å². The Kier molecular flexibility index (Phi) is 5.90. The molecule has 0 spiro atoms. The van der Waals surface area contributed by atoms with E-state index in [0.717, 1.165) is 30.8 Å². The number of aliphatic hydroxyl groups excluding tert-OH is 1. The molecule has 2 rings (SSSR count). The van der Waals surface area contributed by atoms with Crippen molar-refractivity contribution in [1.82, 2.24) is 9.88 Å². The quantitative estimate of drug-likeness (QED) is 0.849. The molecule has 1 atom stereocenters. The zero-order chi connectivity index (χ0) is 15.1. The molecule has 1 N–H and O–H groups in total. The van der Waals surface area contributed by atoms with Gasteiger partial charge < -0.3 is 10.0 Å². The lowest BCUT2D eigenvalue weighted by molar-refractivity contribution is 0.116. The average Bonchev–Trinajstić information content (AvgIpc) is 2.53. The van der Waals surface area contributed by atoms with Crippen LogP contribution in [0.1, 0.15) is 29.8 Å². The van der Waals surface area contributed by atoms with Crippen molar-refractivity contribution < 1.29 is 5.11 Å². The van der Waals surface area contributed by atoms with Gasteiger partial charge in [0.05, 0.1) is 6.10 Å². The Hall–Kier alpha value is -1.71. The van der Waals surface area contributed by atoms with Crippen LogP contribution in [0.25, 0.3) is 0 Å². The monoisotopic (exact) mass is 284 g/mol. The van der Waals surface area contributed by atoms with Gasteiger partial charge in [0.1, 0.15) is 0 Å². The number of aryl methyl sites for hydroxylation is 1. The molecule has 0 aliphatic rings. The van der Waals surface area contributed by atoms with Crippen LogP contribution in [0.15, 0.2) is 48.7 Å². The Labute approximate surface area is 127 Å². The van der Waals surface area contributed by atoms with E-state index in [9.17, 15) is 5.11 Å². The smallest absolute Gasteiger partial charge is 0.0916 e. The Morgan fingerprint density at radius 1 is 1.14 bits per heavy atom. The van der Waals surface area contributed by atoms with Gasteiger partial charge in [-0.1, -0.05) is 42.8 Å². The summed E-state index contributed by atoms with van der Waals surface area (Å²) in [5.41, 5.74) is 3.30. The molecule has 0 saturated carbocycles.